The minimum atomic E-state index is -5.86. The van der Waals surface area contributed by atoms with Gasteiger partial charge >= 0.3 is 15.6 Å². The lowest BCUT2D eigenvalue weighted by atomic mass is 10.1. The number of halogens is 4. The molecule has 0 saturated carbocycles. The number of hydrogen-bond acceptors (Lipinski definition) is 4. The molecule has 3 aromatic rings. The molecule has 132 valence electrons. The SMILES string of the molecule is Cc1cc(-c2cc3c(F)cccc3[nH]2)c(OS(=O)(=O)C(F)(F)F)cn1. The Morgan fingerprint density at radius 1 is 1.20 bits per heavy atom. The van der Waals surface area contributed by atoms with Crippen LogP contribution >= 0.6 is 0 Å². The molecule has 0 aliphatic heterocycles. The summed E-state index contributed by atoms with van der Waals surface area (Å²) in [6.07, 6.45) is 0.871. The number of fused-ring (bicyclic) bond motifs is 1. The van der Waals surface area contributed by atoms with Crippen molar-refractivity contribution in [1.82, 2.24) is 9.97 Å². The first kappa shape index (κ1) is 17.2. The van der Waals surface area contributed by atoms with E-state index in [0.29, 0.717) is 11.2 Å². The Morgan fingerprint density at radius 3 is 2.56 bits per heavy atom. The molecule has 0 unspecified atom stereocenters. The van der Waals surface area contributed by atoms with E-state index in [0.717, 1.165) is 6.20 Å². The van der Waals surface area contributed by atoms with E-state index >= 15 is 0 Å². The van der Waals surface area contributed by atoms with Gasteiger partial charge in [0.25, 0.3) is 0 Å². The lowest BCUT2D eigenvalue weighted by Crippen LogP contribution is -2.28. The fourth-order valence-electron chi connectivity index (χ4n) is 2.25. The Hall–Kier alpha value is -2.62. The third-order valence-corrected chi connectivity index (χ3v) is 4.35. The second kappa shape index (κ2) is 5.73. The number of aromatic amines is 1. The first-order valence-electron chi connectivity index (χ1n) is 6.83. The standard InChI is InChI=1S/C15H10F4N2O3S/c1-8-5-10(13-6-9-11(16)3-2-4-12(9)21-13)14(7-20-8)24-25(22,23)15(17,18)19/h2-7,21H,1H3. The maximum atomic E-state index is 13.8. The van der Waals surface area contributed by atoms with Crippen LogP contribution in [0.15, 0.2) is 36.5 Å². The summed E-state index contributed by atoms with van der Waals surface area (Å²) < 4.78 is 78.2. The van der Waals surface area contributed by atoms with Gasteiger partial charge < -0.3 is 9.17 Å². The van der Waals surface area contributed by atoms with Crippen molar-refractivity contribution < 1.29 is 30.2 Å². The summed E-state index contributed by atoms with van der Waals surface area (Å²) in [4.78, 5) is 6.58. The largest absolute Gasteiger partial charge is 0.534 e. The summed E-state index contributed by atoms with van der Waals surface area (Å²) >= 11 is 0. The summed E-state index contributed by atoms with van der Waals surface area (Å²) in [6.45, 7) is 1.56. The predicted octanol–water partition coefficient (Wildman–Crippen LogP) is 3.91. The van der Waals surface area contributed by atoms with E-state index in [4.69, 9.17) is 0 Å². The molecule has 0 amide bonds. The molecular weight excluding hydrogens is 364 g/mol. The highest BCUT2D eigenvalue weighted by Gasteiger charge is 2.49. The monoisotopic (exact) mass is 374 g/mol. The van der Waals surface area contributed by atoms with E-state index in [1.54, 1.807) is 13.0 Å². The van der Waals surface area contributed by atoms with Gasteiger partial charge in [-0.15, -0.1) is 0 Å². The van der Waals surface area contributed by atoms with E-state index in [9.17, 15) is 26.0 Å². The van der Waals surface area contributed by atoms with Gasteiger partial charge in [0.1, 0.15) is 5.82 Å². The van der Waals surface area contributed by atoms with E-state index in [-0.39, 0.29) is 16.6 Å². The van der Waals surface area contributed by atoms with E-state index < -0.39 is 27.2 Å². The maximum absolute atomic E-state index is 13.8. The average molecular weight is 374 g/mol. The summed E-state index contributed by atoms with van der Waals surface area (Å²) in [5.41, 5.74) is -4.57. The Bertz CT molecular complexity index is 1060. The van der Waals surface area contributed by atoms with Crippen LogP contribution in [-0.4, -0.2) is 23.9 Å². The van der Waals surface area contributed by atoms with Crippen molar-refractivity contribution in [2.45, 2.75) is 12.4 Å². The zero-order valence-electron chi connectivity index (χ0n) is 12.6. The van der Waals surface area contributed by atoms with Crippen molar-refractivity contribution in [1.29, 1.82) is 0 Å². The van der Waals surface area contributed by atoms with Gasteiger partial charge in [-0.3, -0.25) is 4.98 Å². The number of benzene rings is 1. The van der Waals surface area contributed by atoms with Crippen molar-refractivity contribution in [2.75, 3.05) is 0 Å². The smallest absolute Gasteiger partial charge is 0.374 e. The highest BCUT2D eigenvalue weighted by atomic mass is 32.2. The minimum absolute atomic E-state index is 0.0101. The third-order valence-electron chi connectivity index (χ3n) is 3.39. The Balaban J connectivity index is 2.15. The molecule has 0 radical (unpaired) electrons. The van der Waals surface area contributed by atoms with Crippen molar-refractivity contribution in [3.8, 4) is 17.0 Å². The second-order valence-corrected chi connectivity index (χ2v) is 6.73. The fourth-order valence-corrected chi connectivity index (χ4v) is 2.72. The molecular formula is C15H10F4N2O3S. The average Bonchev–Trinajstić information content (AvgIpc) is 2.93. The zero-order valence-corrected chi connectivity index (χ0v) is 13.4. The van der Waals surface area contributed by atoms with E-state index in [1.165, 1.54) is 24.3 Å². The van der Waals surface area contributed by atoms with Gasteiger partial charge in [0.15, 0.2) is 5.75 Å². The number of aromatic nitrogens is 2. The van der Waals surface area contributed by atoms with Crippen LogP contribution in [0.25, 0.3) is 22.2 Å². The molecule has 5 nitrogen and oxygen atoms in total. The quantitative estimate of drug-likeness (QED) is 0.429. The number of aryl methyl sites for hydroxylation is 1. The molecule has 0 atom stereocenters. The van der Waals surface area contributed by atoms with Crippen LogP contribution in [0.3, 0.4) is 0 Å². The Kier molecular flexibility index (Phi) is 3.94. The molecule has 1 aromatic carbocycles. The zero-order chi connectivity index (χ0) is 18.4. The van der Waals surface area contributed by atoms with Crippen LogP contribution in [0.4, 0.5) is 17.6 Å². The Morgan fingerprint density at radius 2 is 1.92 bits per heavy atom. The third kappa shape index (κ3) is 3.16. The number of H-pyrrole nitrogens is 1. The molecule has 0 bridgehead atoms. The summed E-state index contributed by atoms with van der Waals surface area (Å²) in [5.74, 6) is -1.15. The van der Waals surface area contributed by atoms with Gasteiger partial charge in [-0.05, 0) is 31.2 Å². The van der Waals surface area contributed by atoms with Crippen LogP contribution < -0.4 is 4.18 Å². The van der Waals surface area contributed by atoms with Crippen LogP contribution in [-0.2, 0) is 10.1 Å². The predicted molar refractivity (Wildman–Crippen MR) is 81.8 cm³/mol. The lowest BCUT2D eigenvalue weighted by molar-refractivity contribution is -0.0499. The lowest BCUT2D eigenvalue weighted by Gasteiger charge is -2.12. The van der Waals surface area contributed by atoms with Crippen LogP contribution in [0.2, 0.25) is 0 Å². The molecule has 0 spiro atoms. The van der Waals surface area contributed by atoms with E-state index in [1.807, 2.05) is 0 Å². The number of nitrogens with zero attached hydrogens (tertiary/aromatic N) is 1. The summed E-state index contributed by atoms with van der Waals surface area (Å²) in [6, 6.07) is 6.95. The van der Waals surface area contributed by atoms with Crippen molar-refractivity contribution in [3.63, 3.8) is 0 Å². The molecule has 10 heteroatoms. The molecule has 25 heavy (non-hydrogen) atoms. The first-order valence-corrected chi connectivity index (χ1v) is 8.24. The molecule has 2 aromatic heterocycles. The Labute approximate surface area is 139 Å². The normalized spacial score (nSPS) is 12.5. The number of hydrogen-bond donors (Lipinski definition) is 1. The second-order valence-electron chi connectivity index (χ2n) is 5.19. The number of rotatable bonds is 3. The van der Waals surface area contributed by atoms with Gasteiger partial charge in [-0.1, -0.05) is 6.07 Å². The highest BCUT2D eigenvalue weighted by molar-refractivity contribution is 7.88. The molecule has 1 N–H and O–H groups in total. The molecule has 0 aliphatic carbocycles. The first-order chi connectivity index (χ1) is 11.6. The highest BCUT2D eigenvalue weighted by Crippen LogP contribution is 2.35. The minimum Gasteiger partial charge on any atom is -0.374 e. The number of alkyl halides is 3. The van der Waals surface area contributed by atoms with Gasteiger partial charge in [0.2, 0.25) is 0 Å². The summed E-state index contributed by atoms with van der Waals surface area (Å²) in [5, 5.41) is 0.205. The molecule has 0 saturated heterocycles. The van der Waals surface area contributed by atoms with Gasteiger partial charge in [0.05, 0.1) is 11.9 Å². The maximum Gasteiger partial charge on any atom is 0.534 e. The molecule has 0 aliphatic rings. The molecule has 3 rings (SSSR count). The van der Waals surface area contributed by atoms with Gasteiger partial charge in [-0.25, -0.2) is 4.39 Å². The van der Waals surface area contributed by atoms with Gasteiger partial charge in [0, 0.05) is 22.2 Å². The number of pyridine rings is 1. The number of nitrogens with one attached hydrogen (secondary N) is 1. The van der Waals surface area contributed by atoms with Crippen LogP contribution in [0.1, 0.15) is 5.69 Å². The van der Waals surface area contributed by atoms with Crippen molar-refractivity contribution in [3.05, 3.63) is 48.0 Å². The van der Waals surface area contributed by atoms with Crippen molar-refractivity contribution >= 4 is 21.0 Å². The molecule has 2 heterocycles. The van der Waals surface area contributed by atoms with Crippen LogP contribution in [0.5, 0.6) is 5.75 Å². The van der Waals surface area contributed by atoms with E-state index in [2.05, 4.69) is 14.2 Å². The van der Waals surface area contributed by atoms with Gasteiger partial charge in [-0.2, -0.15) is 21.6 Å². The van der Waals surface area contributed by atoms with Crippen molar-refractivity contribution in [2.24, 2.45) is 0 Å². The topological polar surface area (TPSA) is 72.1 Å². The van der Waals surface area contributed by atoms with Crippen LogP contribution in [0, 0.1) is 12.7 Å². The molecule has 0 fully saturated rings. The summed E-state index contributed by atoms with van der Waals surface area (Å²) in [7, 11) is -5.86. The fraction of sp³-hybridized carbons (Fsp3) is 0.133.